The van der Waals surface area contributed by atoms with Crippen LogP contribution in [0.2, 0.25) is 0 Å². The van der Waals surface area contributed by atoms with Crippen molar-refractivity contribution >= 4 is 5.96 Å². The van der Waals surface area contributed by atoms with Crippen molar-refractivity contribution < 1.29 is 4.74 Å². The molecular formula is C13H20N4O. The van der Waals surface area contributed by atoms with Gasteiger partial charge >= 0.3 is 0 Å². The van der Waals surface area contributed by atoms with Gasteiger partial charge in [0, 0.05) is 18.8 Å². The van der Waals surface area contributed by atoms with Gasteiger partial charge in [0.25, 0.3) is 0 Å². The zero-order chi connectivity index (χ0) is 12.8. The summed E-state index contributed by atoms with van der Waals surface area (Å²) in [5.74, 6) is 1.90. The summed E-state index contributed by atoms with van der Waals surface area (Å²) >= 11 is 0. The highest BCUT2D eigenvalue weighted by Crippen LogP contribution is 2.24. The second kappa shape index (κ2) is 6.23. The number of methoxy groups -OCH3 is 1. The Morgan fingerprint density at radius 2 is 2.39 bits per heavy atom. The minimum Gasteiger partial charge on any atom is -0.481 e. The van der Waals surface area contributed by atoms with Crippen LogP contribution < -0.4 is 15.8 Å². The monoisotopic (exact) mass is 248 g/mol. The van der Waals surface area contributed by atoms with E-state index >= 15 is 0 Å². The molecule has 1 fully saturated rings. The summed E-state index contributed by atoms with van der Waals surface area (Å²) in [6, 6.07) is 3.76. The summed E-state index contributed by atoms with van der Waals surface area (Å²) in [6.07, 6.45) is 5.72. The first kappa shape index (κ1) is 12.7. The Bertz CT molecular complexity index is 398. The van der Waals surface area contributed by atoms with Crippen LogP contribution >= 0.6 is 0 Å². The van der Waals surface area contributed by atoms with Crippen LogP contribution in [0, 0.1) is 5.92 Å². The molecule has 0 atom stereocenters. The Balaban J connectivity index is 1.76. The third-order valence-corrected chi connectivity index (χ3v) is 3.24. The molecule has 0 spiro atoms. The van der Waals surface area contributed by atoms with Crippen molar-refractivity contribution in [2.75, 3.05) is 13.7 Å². The molecule has 1 aliphatic carbocycles. The van der Waals surface area contributed by atoms with E-state index in [1.165, 1.54) is 19.3 Å². The number of rotatable bonds is 5. The summed E-state index contributed by atoms with van der Waals surface area (Å²) in [5.41, 5.74) is 6.82. The molecule has 0 amide bonds. The van der Waals surface area contributed by atoms with Gasteiger partial charge in [0.15, 0.2) is 5.96 Å². The molecule has 5 heteroatoms. The van der Waals surface area contributed by atoms with Crippen molar-refractivity contribution in [1.82, 2.24) is 10.3 Å². The molecule has 1 aliphatic rings. The summed E-state index contributed by atoms with van der Waals surface area (Å²) in [5, 5.41) is 3.16. The van der Waals surface area contributed by atoms with Crippen LogP contribution in [0.5, 0.6) is 5.88 Å². The second-order valence-corrected chi connectivity index (χ2v) is 4.59. The number of nitrogens with zero attached hydrogens (tertiary/aromatic N) is 2. The van der Waals surface area contributed by atoms with E-state index in [1.54, 1.807) is 13.3 Å². The van der Waals surface area contributed by atoms with Crippen molar-refractivity contribution in [2.45, 2.75) is 25.8 Å². The maximum absolute atomic E-state index is 5.80. The Morgan fingerprint density at radius 1 is 1.56 bits per heavy atom. The summed E-state index contributed by atoms with van der Waals surface area (Å²) < 4.78 is 4.99. The zero-order valence-electron chi connectivity index (χ0n) is 10.7. The molecule has 5 nitrogen and oxygen atoms in total. The number of aliphatic imine (C=N–C) groups is 1. The molecule has 1 heterocycles. The van der Waals surface area contributed by atoms with Crippen LogP contribution in [-0.4, -0.2) is 24.6 Å². The molecule has 0 saturated heterocycles. The lowest BCUT2D eigenvalue weighted by Crippen LogP contribution is -2.37. The van der Waals surface area contributed by atoms with Gasteiger partial charge in [-0.2, -0.15) is 0 Å². The Kier molecular flexibility index (Phi) is 4.39. The van der Waals surface area contributed by atoms with Crippen molar-refractivity contribution in [2.24, 2.45) is 16.6 Å². The lowest BCUT2D eigenvalue weighted by Gasteiger charge is -2.25. The summed E-state index contributed by atoms with van der Waals surface area (Å²) in [7, 11) is 1.60. The van der Waals surface area contributed by atoms with Gasteiger partial charge in [0.1, 0.15) is 0 Å². The molecule has 2 rings (SSSR count). The first-order valence-corrected chi connectivity index (χ1v) is 6.30. The first-order chi connectivity index (χ1) is 8.78. The number of nitrogens with two attached hydrogens (primary N) is 1. The first-order valence-electron chi connectivity index (χ1n) is 6.30. The van der Waals surface area contributed by atoms with E-state index in [0.29, 0.717) is 18.4 Å². The summed E-state index contributed by atoms with van der Waals surface area (Å²) in [4.78, 5) is 8.40. The number of hydrogen-bond donors (Lipinski definition) is 2. The average molecular weight is 248 g/mol. The van der Waals surface area contributed by atoms with E-state index < -0.39 is 0 Å². The highest BCUT2D eigenvalue weighted by atomic mass is 16.5. The fourth-order valence-corrected chi connectivity index (χ4v) is 1.80. The maximum atomic E-state index is 5.80. The quantitative estimate of drug-likeness (QED) is 0.608. The molecule has 1 saturated carbocycles. The second-order valence-electron chi connectivity index (χ2n) is 4.59. The Hall–Kier alpha value is -1.78. The predicted molar refractivity (Wildman–Crippen MR) is 71.5 cm³/mol. The molecule has 0 unspecified atom stereocenters. The van der Waals surface area contributed by atoms with Crippen LogP contribution in [0.25, 0.3) is 0 Å². The van der Waals surface area contributed by atoms with Crippen LogP contribution in [0.4, 0.5) is 0 Å². The summed E-state index contributed by atoms with van der Waals surface area (Å²) in [6.45, 7) is 1.48. The van der Waals surface area contributed by atoms with Crippen molar-refractivity contribution in [1.29, 1.82) is 0 Å². The Labute approximate surface area is 107 Å². The fraction of sp³-hybridized carbons (Fsp3) is 0.538. The number of ether oxygens (including phenoxy) is 1. The number of hydrogen-bond acceptors (Lipinski definition) is 3. The standard InChI is InChI=1S/C13H20N4O/c1-18-12-6-5-11(8-15-12)9-17-13(14)16-7-10-3-2-4-10/h5-6,8,10H,2-4,7,9H2,1H3,(H3,14,16,17). The third-order valence-electron chi connectivity index (χ3n) is 3.24. The van der Waals surface area contributed by atoms with Crippen LogP contribution in [0.15, 0.2) is 23.3 Å². The number of guanidine groups is 1. The SMILES string of the molecule is COc1ccc(CN=C(N)NCC2CCC2)cn1. The van der Waals surface area contributed by atoms with Gasteiger partial charge < -0.3 is 15.8 Å². The molecule has 3 N–H and O–H groups in total. The van der Waals surface area contributed by atoms with E-state index in [2.05, 4.69) is 15.3 Å². The Morgan fingerprint density at radius 3 is 2.94 bits per heavy atom. The minimum absolute atomic E-state index is 0.512. The van der Waals surface area contributed by atoms with Gasteiger partial charge in [-0.15, -0.1) is 0 Å². The van der Waals surface area contributed by atoms with Gasteiger partial charge in [0.2, 0.25) is 5.88 Å². The molecule has 0 radical (unpaired) electrons. The highest BCUT2D eigenvalue weighted by Gasteiger charge is 2.16. The number of nitrogens with one attached hydrogen (secondary N) is 1. The molecule has 98 valence electrons. The van der Waals surface area contributed by atoms with E-state index in [0.717, 1.165) is 18.0 Å². The lowest BCUT2D eigenvalue weighted by molar-refractivity contribution is 0.315. The van der Waals surface area contributed by atoms with Gasteiger partial charge in [-0.25, -0.2) is 9.98 Å². The molecule has 18 heavy (non-hydrogen) atoms. The highest BCUT2D eigenvalue weighted by molar-refractivity contribution is 5.77. The van der Waals surface area contributed by atoms with Gasteiger partial charge in [0.05, 0.1) is 13.7 Å². The average Bonchev–Trinajstić information content (AvgIpc) is 2.35. The van der Waals surface area contributed by atoms with E-state index in [1.807, 2.05) is 12.1 Å². The topological polar surface area (TPSA) is 72.5 Å². The molecule has 1 aromatic heterocycles. The number of aromatic nitrogens is 1. The molecule has 0 bridgehead atoms. The minimum atomic E-state index is 0.512. The maximum Gasteiger partial charge on any atom is 0.212 e. The van der Waals surface area contributed by atoms with Gasteiger partial charge in [-0.3, -0.25) is 0 Å². The van der Waals surface area contributed by atoms with Crippen molar-refractivity contribution in [3.63, 3.8) is 0 Å². The molecular weight excluding hydrogens is 228 g/mol. The third kappa shape index (κ3) is 3.61. The van der Waals surface area contributed by atoms with Crippen molar-refractivity contribution in [3.05, 3.63) is 23.9 Å². The van der Waals surface area contributed by atoms with E-state index in [4.69, 9.17) is 10.5 Å². The molecule has 1 aromatic rings. The number of pyridine rings is 1. The van der Waals surface area contributed by atoms with Crippen LogP contribution in [0.1, 0.15) is 24.8 Å². The lowest BCUT2D eigenvalue weighted by atomic mass is 9.85. The smallest absolute Gasteiger partial charge is 0.212 e. The normalized spacial score (nSPS) is 16.2. The van der Waals surface area contributed by atoms with Gasteiger partial charge in [-0.05, 0) is 24.3 Å². The fourth-order valence-electron chi connectivity index (χ4n) is 1.80. The van der Waals surface area contributed by atoms with Crippen LogP contribution in [0.3, 0.4) is 0 Å². The van der Waals surface area contributed by atoms with Crippen molar-refractivity contribution in [3.8, 4) is 5.88 Å². The van der Waals surface area contributed by atoms with Crippen LogP contribution in [-0.2, 0) is 6.54 Å². The zero-order valence-corrected chi connectivity index (χ0v) is 10.7. The van der Waals surface area contributed by atoms with E-state index in [9.17, 15) is 0 Å². The largest absolute Gasteiger partial charge is 0.481 e. The molecule has 0 aromatic carbocycles. The predicted octanol–water partition coefficient (Wildman–Crippen LogP) is 1.29. The van der Waals surface area contributed by atoms with Gasteiger partial charge in [-0.1, -0.05) is 12.5 Å². The molecule has 0 aliphatic heterocycles. The van der Waals surface area contributed by atoms with E-state index in [-0.39, 0.29) is 0 Å².